The summed E-state index contributed by atoms with van der Waals surface area (Å²) in [5.41, 5.74) is 0.171. The Labute approximate surface area is 127 Å². The molecule has 2 heterocycles. The summed E-state index contributed by atoms with van der Waals surface area (Å²) in [4.78, 5) is 14.8. The molecule has 0 saturated carbocycles. The molecule has 2 rings (SSSR count). The van der Waals surface area contributed by atoms with Gasteiger partial charge in [0, 0.05) is 19.3 Å². The van der Waals surface area contributed by atoms with E-state index in [0.717, 1.165) is 38.2 Å². The summed E-state index contributed by atoms with van der Waals surface area (Å²) >= 11 is 0. The van der Waals surface area contributed by atoms with Crippen LogP contribution in [0.5, 0.6) is 0 Å². The SMILES string of the molecule is CCn1nccc1CN1CCC[C@]1(C)C(=O)OC(C)(C)C. The molecule has 5 nitrogen and oxygen atoms in total. The summed E-state index contributed by atoms with van der Waals surface area (Å²) in [6.45, 7) is 12.3. The number of aryl methyl sites for hydroxylation is 1. The van der Waals surface area contributed by atoms with E-state index in [2.05, 4.69) is 16.9 Å². The van der Waals surface area contributed by atoms with E-state index >= 15 is 0 Å². The number of nitrogens with zero attached hydrogens (tertiary/aromatic N) is 3. The van der Waals surface area contributed by atoms with Gasteiger partial charge in [0.15, 0.2) is 0 Å². The first kappa shape index (κ1) is 16.0. The minimum absolute atomic E-state index is 0.116. The lowest BCUT2D eigenvalue weighted by Gasteiger charge is -2.35. The molecule has 0 radical (unpaired) electrons. The van der Waals surface area contributed by atoms with E-state index in [-0.39, 0.29) is 5.97 Å². The van der Waals surface area contributed by atoms with Crippen LogP contribution in [0.15, 0.2) is 12.3 Å². The zero-order valence-electron chi connectivity index (χ0n) is 13.8. The van der Waals surface area contributed by atoms with Crippen molar-refractivity contribution < 1.29 is 9.53 Å². The molecule has 1 aliphatic heterocycles. The fourth-order valence-electron chi connectivity index (χ4n) is 2.87. The van der Waals surface area contributed by atoms with Gasteiger partial charge in [-0.1, -0.05) is 0 Å². The Kier molecular flexibility index (Phi) is 4.42. The number of rotatable bonds is 4. The summed E-state index contributed by atoms with van der Waals surface area (Å²) in [5, 5.41) is 4.30. The molecule has 5 heteroatoms. The van der Waals surface area contributed by atoms with Crippen molar-refractivity contribution in [2.75, 3.05) is 6.54 Å². The van der Waals surface area contributed by atoms with Crippen LogP contribution in [0.1, 0.15) is 53.2 Å². The quantitative estimate of drug-likeness (QED) is 0.801. The van der Waals surface area contributed by atoms with Crippen molar-refractivity contribution in [1.82, 2.24) is 14.7 Å². The fourth-order valence-corrected chi connectivity index (χ4v) is 2.87. The van der Waals surface area contributed by atoms with E-state index in [4.69, 9.17) is 4.74 Å². The third kappa shape index (κ3) is 3.46. The van der Waals surface area contributed by atoms with Crippen LogP contribution in [0.3, 0.4) is 0 Å². The standard InChI is InChI=1S/C16H27N3O2/c1-6-19-13(8-10-17-19)12-18-11-7-9-16(18,5)14(20)21-15(2,3)4/h8,10H,6-7,9,11-12H2,1-5H3/t16-/m1/s1. The zero-order valence-corrected chi connectivity index (χ0v) is 13.8. The van der Waals surface area contributed by atoms with Crippen LogP contribution in [-0.2, 0) is 22.6 Å². The lowest BCUT2D eigenvalue weighted by Crippen LogP contribution is -2.50. The monoisotopic (exact) mass is 293 g/mol. The highest BCUT2D eigenvalue weighted by atomic mass is 16.6. The van der Waals surface area contributed by atoms with Gasteiger partial charge >= 0.3 is 5.97 Å². The van der Waals surface area contributed by atoms with Gasteiger partial charge < -0.3 is 4.74 Å². The lowest BCUT2D eigenvalue weighted by atomic mass is 9.98. The molecular formula is C16H27N3O2. The maximum absolute atomic E-state index is 12.6. The topological polar surface area (TPSA) is 47.4 Å². The predicted octanol–water partition coefficient (Wildman–Crippen LogP) is 2.60. The number of aromatic nitrogens is 2. The number of carbonyl (C=O) groups excluding carboxylic acids is 1. The van der Waals surface area contributed by atoms with Crippen molar-refractivity contribution in [1.29, 1.82) is 0 Å². The van der Waals surface area contributed by atoms with Crippen LogP contribution in [-0.4, -0.2) is 38.3 Å². The van der Waals surface area contributed by atoms with Crippen LogP contribution in [0.4, 0.5) is 0 Å². The number of hydrogen-bond acceptors (Lipinski definition) is 4. The van der Waals surface area contributed by atoms with E-state index in [1.54, 1.807) is 0 Å². The summed E-state index contributed by atoms with van der Waals surface area (Å²) in [5.74, 6) is -0.116. The average Bonchev–Trinajstić information content (AvgIpc) is 2.96. The minimum atomic E-state index is -0.532. The van der Waals surface area contributed by atoms with Crippen molar-refractivity contribution >= 4 is 5.97 Å². The third-order valence-electron chi connectivity index (χ3n) is 4.09. The number of hydrogen-bond donors (Lipinski definition) is 0. The molecule has 1 atom stereocenters. The molecule has 0 bridgehead atoms. The molecule has 0 N–H and O–H groups in total. The molecular weight excluding hydrogens is 266 g/mol. The molecule has 1 aromatic rings. The maximum atomic E-state index is 12.6. The van der Waals surface area contributed by atoms with Crippen molar-refractivity contribution in [3.8, 4) is 0 Å². The second kappa shape index (κ2) is 5.79. The van der Waals surface area contributed by atoms with Gasteiger partial charge in [0.2, 0.25) is 0 Å². The largest absolute Gasteiger partial charge is 0.459 e. The Balaban J connectivity index is 2.14. The van der Waals surface area contributed by atoms with Crippen LogP contribution in [0.2, 0.25) is 0 Å². The molecule has 1 fully saturated rings. The van der Waals surface area contributed by atoms with E-state index in [1.807, 2.05) is 44.6 Å². The number of ether oxygens (including phenoxy) is 1. The van der Waals surface area contributed by atoms with Crippen molar-refractivity contribution in [2.45, 2.75) is 71.7 Å². The van der Waals surface area contributed by atoms with Gasteiger partial charge in [-0.3, -0.25) is 14.4 Å². The number of likely N-dealkylation sites (tertiary alicyclic amines) is 1. The van der Waals surface area contributed by atoms with E-state index < -0.39 is 11.1 Å². The minimum Gasteiger partial charge on any atom is -0.459 e. The van der Waals surface area contributed by atoms with E-state index in [0.29, 0.717) is 0 Å². The maximum Gasteiger partial charge on any atom is 0.326 e. The highest BCUT2D eigenvalue weighted by Gasteiger charge is 2.45. The first-order valence-electron chi connectivity index (χ1n) is 7.75. The average molecular weight is 293 g/mol. The molecule has 0 aromatic carbocycles. The Bertz CT molecular complexity index is 504. The van der Waals surface area contributed by atoms with Crippen LogP contribution in [0, 0.1) is 0 Å². The number of esters is 1. The van der Waals surface area contributed by atoms with Gasteiger partial charge in [-0.2, -0.15) is 5.10 Å². The van der Waals surface area contributed by atoms with Crippen LogP contribution in [0.25, 0.3) is 0 Å². The predicted molar refractivity (Wildman–Crippen MR) is 81.8 cm³/mol. The Morgan fingerprint density at radius 3 is 2.81 bits per heavy atom. The summed E-state index contributed by atoms with van der Waals surface area (Å²) in [7, 11) is 0. The van der Waals surface area contributed by atoms with Crippen molar-refractivity contribution in [2.24, 2.45) is 0 Å². The smallest absolute Gasteiger partial charge is 0.326 e. The second-order valence-electron chi connectivity index (χ2n) is 6.94. The van der Waals surface area contributed by atoms with Crippen LogP contribution < -0.4 is 0 Å². The molecule has 21 heavy (non-hydrogen) atoms. The summed E-state index contributed by atoms with van der Waals surface area (Å²) < 4.78 is 7.61. The molecule has 0 unspecified atom stereocenters. The first-order chi connectivity index (χ1) is 9.76. The highest BCUT2D eigenvalue weighted by molar-refractivity contribution is 5.81. The van der Waals surface area contributed by atoms with Gasteiger partial charge in [0.25, 0.3) is 0 Å². The molecule has 118 valence electrons. The molecule has 0 amide bonds. The first-order valence-corrected chi connectivity index (χ1v) is 7.75. The van der Waals surface area contributed by atoms with Crippen molar-refractivity contribution in [3.05, 3.63) is 18.0 Å². The zero-order chi connectivity index (χ0) is 15.7. The molecule has 1 aliphatic rings. The van der Waals surface area contributed by atoms with Crippen LogP contribution >= 0.6 is 0 Å². The Morgan fingerprint density at radius 2 is 2.19 bits per heavy atom. The Hall–Kier alpha value is -1.36. The molecule has 0 aliphatic carbocycles. The lowest BCUT2D eigenvalue weighted by molar-refractivity contribution is -0.167. The van der Waals surface area contributed by atoms with Gasteiger partial charge in [0.1, 0.15) is 11.1 Å². The number of carbonyl (C=O) groups is 1. The summed E-state index contributed by atoms with van der Waals surface area (Å²) in [6, 6.07) is 2.03. The second-order valence-corrected chi connectivity index (χ2v) is 6.94. The molecule has 1 aromatic heterocycles. The molecule has 1 saturated heterocycles. The fraction of sp³-hybridized carbons (Fsp3) is 0.750. The Morgan fingerprint density at radius 1 is 1.48 bits per heavy atom. The van der Waals surface area contributed by atoms with Crippen molar-refractivity contribution in [3.63, 3.8) is 0 Å². The highest BCUT2D eigenvalue weighted by Crippen LogP contribution is 2.33. The van der Waals surface area contributed by atoms with Gasteiger partial charge in [-0.25, -0.2) is 0 Å². The molecule has 0 spiro atoms. The van der Waals surface area contributed by atoms with E-state index in [1.165, 1.54) is 0 Å². The summed E-state index contributed by atoms with van der Waals surface area (Å²) in [6.07, 6.45) is 3.69. The van der Waals surface area contributed by atoms with E-state index in [9.17, 15) is 4.79 Å². The van der Waals surface area contributed by atoms with Gasteiger partial charge in [0.05, 0.1) is 5.69 Å². The normalized spacial score (nSPS) is 23.5. The third-order valence-corrected chi connectivity index (χ3v) is 4.09. The van der Waals surface area contributed by atoms with Gasteiger partial charge in [-0.05, 0) is 60.1 Å². The van der Waals surface area contributed by atoms with Gasteiger partial charge in [-0.15, -0.1) is 0 Å².